The Balaban J connectivity index is 2.08. The van der Waals surface area contributed by atoms with Crippen LogP contribution < -0.4 is 0 Å². The van der Waals surface area contributed by atoms with Crippen LogP contribution in [0.3, 0.4) is 0 Å². The zero-order chi connectivity index (χ0) is 17.1. The van der Waals surface area contributed by atoms with Crippen molar-refractivity contribution in [1.82, 2.24) is 5.01 Å². The largest absolute Gasteiger partial charge is 0.439 e. The molecular weight excluding hydrogens is 309 g/mol. The van der Waals surface area contributed by atoms with Gasteiger partial charge in [-0.3, -0.25) is 4.79 Å². The first kappa shape index (κ1) is 18.2. The quantitative estimate of drug-likeness (QED) is 0.747. The van der Waals surface area contributed by atoms with Crippen molar-refractivity contribution in [2.24, 2.45) is 11.0 Å². The van der Waals surface area contributed by atoms with Gasteiger partial charge in [0.25, 0.3) is 5.72 Å². The van der Waals surface area contributed by atoms with Crippen molar-refractivity contribution in [2.45, 2.75) is 83.0 Å². The summed E-state index contributed by atoms with van der Waals surface area (Å²) in [5.74, 6) is -1.84. The Kier molecular flexibility index (Phi) is 5.70. The number of halogens is 3. The number of aliphatic hydroxyl groups is 1. The van der Waals surface area contributed by atoms with Crippen LogP contribution in [-0.4, -0.2) is 33.6 Å². The van der Waals surface area contributed by atoms with E-state index in [1.54, 1.807) is 0 Å². The molecule has 0 aromatic carbocycles. The predicted octanol–water partition coefficient (Wildman–Crippen LogP) is 3.99. The van der Waals surface area contributed by atoms with Gasteiger partial charge in [0.05, 0.1) is 5.92 Å². The molecule has 2 atom stereocenters. The van der Waals surface area contributed by atoms with Crippen LogP contribution >= 0.6 is 0 Å². The standard InChI is InChI=1S/C16H25F3N2O2/c1-2-3-4-5-6-11-14(22)21-15(23,16(17,18)19)12-9-7-8-10-13(12)20-21/h12,23H,2-11H2,1H3/t12-,15+/m1/s1. The van der Waals surface area contributed by atoms with Crippen LogP contribution in [0.15, 0.2) is 5.10 Å². The summed E-state index contributed by atoms with van der Waals surface area (Å²) < 4.78 is 40.5. The van der Waals surface area contributed by atoms with E-state index >= 15 is 0 Å². The van der Waals surface area contributed by atoms with Crippen molar-refractivity contribution < 1.29 is 23.1 Å². The highest BCUT2D eigenvalue weighted by Crippen LogP contribution is 2.48. The molecule has 0 spiro atoms. The Hall–Kier alpha value is -1.11. The molecule has 1 aliphatic heterocycles. The number of nitrogens with zero attached hydrogens (tertiary/aromatic N) is 2. The van der Waals surface area contributed by atoms with Crippen molar-refractivity contribution in [3.05, 3.63) is 0 Å². The summed E-state index contributed by atoms with van der Waals surface area (Å²) in [5.41, 5.74) is -2.85. The molecule has 1 fully saturated rings. The molecule has 1 heterocycles. The second-order valence-electron chi connectivity index (χ2n) is 6.48. The molecule has 1 N–H and O–H groups in total. The molecule has 0 radical (unpaired) electrons. The van der Waals surface area contributed by atoms with E-state index in [1.165, 1.54) is 0 Å². The minimum atomic E-state index is -4.90. The number of carbonyl (C=O) groups is 1. The van der Waals surface area contributed by atoms with Gasteiger partial charge in [-0.25, -0.2) is 0 Å². The van der Waals surface area contributed by atoms with E-state index in [4.69, 9.17) is 0 Å². The van der Waals surface area contributed by atoms with E-state index in [-0.39, 0.29) is 12.8 Å². The van der Waals surface area contributed by atoms with Gasteiger partial charge < -0.3 is 5.11 Å². The second-order valence-corrected chi connectivity index (χ2v) is 6.48. The van der Waals surface area contributed by atoms with Crippen LogP contribution in [0.25, 0.3) is 0 Å². The number of hydrogen-bond donors (Lipinski definition) is 1. The molecule has 23 heavy (non-hydrogen) atoms. The van der Waals surface area contributed by atoms with Crippen LogP contribution in [0.4, 0.5) is 13.2 Å². The zero-order valence-electron chi connectivity index (χ0n) is 13.5. The number of fused-ring (bicyclic) bond motifs is 1. The minimum Gasteiger partial charge on any atom is -0.362 e. The highest BCUT2D eigenvalue weighted by Gasteiger charge is 2.68. The molecule has 132 valence electrons. The molecule has 1 amide bonds. The van der Waals surface area contributed by atoms with Gasteiger partial charge in [0.15, 0.2) is 0 Å². The Labute approximate surface area is 134 Å². The maximum Gasteiger partial charge on any atom is 0.439 e. The lowest BCUT2D eigenvalue weighted by Crippen LogP contribution is -2.61. The molecule has 0 unspecified atom stereocenters. The Bertz CT molecular complexity index is 465. The van der Waals surface area contributed by atoms with Crippen LogP contribution in [0.1, 0.15) is 71.1 Å². The fourth-order valence-corrected chi connectivity index (χ4v) is 3.45. The van der Waals surface area contributed by atoms with Crippen LogP contribution in [0.5, 0.6) is 0 Å². The van der Waals surface area contributed by atoms with Gasteiger partial charge in [-0.05, 0) is 25.7 Å². The molecule has 0 aromatic heterocycles. The average Bonchev–Trinajstić information content (AvgIpc) is 2.82. The topological polar surface area (TPSA) is 52.9 Å². The predicted molar refractivity (Wildman–Crippen MR) is 80.6 cm³/mol. The number of carbonyl (C=O) groups excluding carboxylic acids is 1. The second kappa shape index (κ2) is 7.20. The lowest BCUT2D eigenvalue weighted by Gasteiger charge is -2.38. The monoisotopic (exact) mass is 334 g/mol. The molecule has 4 nitrogen and oxygen atoms in total. The normalized spacial score (nSPS) is 27.8. The summed E-state index contributed by atoms with van der Waals surface area (Å²) in [5, 5.41) is 14.6. The van der Waals surface area contributed by atoms with Gasteiger partial charge >= 0.3 is 6.18 Å². The molecule has 2 aliphatic rings. The highest BCUT2D eigenvalue weighted by atomic mass is 19.4. The van der Waals surface area contributed by atoms with Gasteiger partial charge in [-0.15, -0.1) is 0 Å². The summed E-state index contributed by atoms with van der Waals surface area (Å²) in [4.78, 5) is 12.2. The van der Waals surface area contributed by atoms with Gasteiger partial charge in [0, 0.05) is 12.1 Å². The fraction of sp³-hybridized carbons (Fsp3) is 0.875. The summed E-state index contributed by atoms with van der Waals surface area (Å²) in [6.45, 7) is 2.07. The number of alkyl halides is 3. The molecular formula is C16H25F3N2O2. The average molecular weight is 334 g/mol. The maximum atomic E-state index is 13.5. The number of hydrazone groups is 1. The molecule has 2 rings (SSSR count). The summed E-state index contributed by atoms with van der Waals surface area (Å²) in [6, 6.07) is 0. The Morgan fingerprint density at radius 2 is 2.00 bits per heavy atom. The van der Waals surface area contributed by atoms with E-state index < -0.39 is 23.7 Å². The maximum absolute atomic E-state index is 13.5. The molecule has 0 bridgehead atoms. The lowest BCUT2D eigenvalue weighted by molar-refractivity contribution is -0.317. The number of hydrogen-bond acceptors (Lipinski definition) is 3. The van der Waals surface area contributed by atoms with Crippen LogP contribution in [0, 0.1) is 5.92 Å². The van der Waals surface area contributed by atoms with E-state index in [0.717, 1.165) is 32.1 Å². The first-order valence-electron chi connectivity index (χ1n) is 8.52. The highest BCUT2D eigenvalue weighted by molar-refractivity contribution is 5.93. The molecule has 0 saturated heterocycles. The van der Waals surface area contributed by atoms with Crippen molar-refractivity contribution in [3.8, 4) is 0 Å². The van der Waals surface area contributed by atoms with E-state index in [0.29, 0.717) is 30.0 Å². The Morgan fingerprint density at radius 3 is 2.65 bits per heavy atom. The minimum absolute atomic E-state index is 0.00833. The van der Waals surface area contributed by atoms with E-state index in [2.05, 4.69) is 12.0 Å². The van der Waals surface area contributed by atoms with Crippen molar-refractivity contribution in [2.75, 3.05) is 0 Å². The van der Waals surface area contributed by atoms with Gasteiger partial charge in [0.2, 0.25) is 5.91 Å². The fourth-order valence-electron chi connectivity index (χ4n) is 3.45. The summed E-state index contributed by atoms with van der Waals surface area (Å²) in [7, 11) is 0. The summed E-state index contributed by atoms with van der Waals surface area (Å²) in [6.07, 6.45) is 1.49. The van der Waals surface area contributed by atoms with Gasteiger partial charge in [-0.2, -0.15) is 23.3 Å². The smallest absolute Gasteiger partial charge is 0.362 e. The van der Waals surface area contributed by atoms with Crippen molar-refractivity contribution >= 4 is 11.6 Å². The van der Waals surface area contributed by atoms with Crippen molar-refractivity contribution in [3.63, 3.8) is 0 Å². The third kappa shape index (κ3) is 3.54. The van der Waals surface area contributed by atoms with E-state index in [9.17, 15) is 23.1 Å². The number of rotatable bonds is 6. The van der Waals surface area contributed by atoms with Gasteiger partial charge in [0.1, 0.15) is 0 Å². The Morgan fingerprint density at radius 1 is 1.30 bits per heavy atom. The van der Waals surface area contributed by atoms with E-state index in [1.807, 2.05) is 0 Å². The molecule has 7 heteroatoms. The molecule has 1 aliphatic carbocycles. The molecule has 1 saturated carbocycles. The van der Waals surface area contributed by atoms with Crippen LogP contribution in [-0.2, 0) is 4.79 Å². The first-order chi connectivity index (χ1) is 10.8. The SMILES string of the molecule is CCCCCCCC(=O)N1N=C2CCCC[C@H]2[C@]1(O)C(F)(F)F. The van der Waals surface area contributed by atoms with Gasteiger partial charge in [-0.1, -0.05) is 39.0 Å². The number of unbranched alkanes of at least 4 members (excludes halogenated alkanes) is 4. The number of amides is 1. The third-order valence-corrected chi connectivity index (χ3v) is 4.76. The summed E-state index contributed by atoms with van der Waals surface area (Å²) >= 11 is 0. The zero-order valence-corrected chi connectivity index (χ0v) is 13.5. The van der Waals surface area contributed by atoms with Crippen LogP contribution in [0.2, 0.25) is 0 Å². The first-order valence-corrected chi connectivity index (χ1v) is 8.52. The van der Waals surface area contributed by atoms with Crippen molar-refractivity contribution in [1.29, 1.82) is 0 Å². The third-order valence-electron chi connectivity index (χ3n) is 4.76. The molecule has 0 aromatic rings. The lowest BCUT2D eigenvalue weighted by atomic mass is 9.80.